The molecule has 2 rings (SSSR count). The first kappa shape index (κ1) is 13.4. The number of nitrogen functional groups attached to an aromatic ring is 1. The first-order valence-corrected chi connectivity index (χ1v) is 6.00. The van der Waals surface area contributed by atoms with Gasteiger partial charge in [-0.25, -0.2) is 5.48 Å². The van der Waals surface area contributed by atoms with Gasteiger partial charge in [0.25, 0.3) is 5.91 Å². The number of rotatable bonds is 3. The van der Waals surface area contributed by atoms with Crippen LogP contribution in [0.1, 0.15) is 19.4 Å². The molecule has 19 heavy (non-hydrogen) atoms. The molecule has 0 bridgehead atoms. The zero-order chi connectivity index (χ0) is 14.0. The number of hydroxylamine groups is 1. The lowest BCUT2D eigenvalue weighted by Gasteiger charge is -2.25. The molecule has 0 aliphatic carbocycles. The summed E-state index contributed by atoms with van der Waals surface area (Å²) >= 11 is 0. The number of nitrogens with two attached hydrogens (primary N) is 1. The highest BCUT2D eigenvalue weighted by Crippen LogP contribution is 2.24. The van der Waals surface area contributed by atoms with Crippen LogP contribution < -0.4 is 16.5 Å². The zero-order valence-corrected chi connectivity index (χ0v) is 10.9. The Hall–Kier alpha value is -2.08. The van der Waals surface area contributed by atoms with Crippen molar-refractivity contribution in [2.75, 3.05) is 12.3 Å². The molecular weight excluding hydrogens is 246 g/mol. The Kier molecular flexibility index (Phi) is 3.44. The Morgan fingerprint density at radius 1 is 1.42 bits per heavy atom. The lowest BCUT2D eigenvalue weighted by molar-refractivity contribution is -0.130. The number of carbonyl (C=O) groups excluding carboxylic acids is 2. The Bertz CT molecular complexity index is 496. The van der Waals surface area contributed by atoms with Crippen LogP contribution in [0.2, 0.25) is 0 Å². The van der Waals surface area contributed by atoms with E-state index >= 15 is 0 Å². The van der Waals surface area contributed by atoms with Crippen molar-refractivity contribution in [1.29, 1.82) is 0 Å². The molecule has 1 atom stereocenters. The van der Waals surface area contributed by atoms with Crippen LogP contribution in [0.3, 0.4) is 0 Å². The number of benzene rings is 1. The fourth-order valence-corrected chi connectivity index (χ4v) is 1.82. The van der Waals surface area contributed by atoms with E-state index in [-0.39, 0.29) is 18.4 Å². The molecule has 1 fully saturated rings. The van der Waals surface area contributed by atoms with Gasteiger partial charge in [-0.1, -0.05) is 12.1 Å². The van der Waals surface area contributed by atoms with Gasteiger partial charge in [0.1, 0.15) is 12.6 Å². The molecular formula is C13H17N3O3. The minimum absolute atomic E-state index is 0.141. The molecule has 0 radical (unpaired) electrons. The lowest BCUT2D eigenvalue weighted by Crippen LogP contribution is -2.48. The summed E-state index contributed by atoms with van der Waals surface area (Å²) in [5.41, 5.74) is 8.55. The highest BCUT2D eigenvalue weighted by atomic mass is 16.7. The van der Waals surface area contributed by atoms with Crippen LogP contribution in [0, 0.1) is 0 Å². The van der Waals surface area contributed by atoms with Crippen molar-refractivity contribution in [3.8, 4) is 0 Å². The van der Waals surface area contributed by atoms with Crippen molar-refractivity contribution in [3.63, 3.8) is 0 Å². The Morgan fingerprint density at radius 3 is 2.58 bits per heavy atom. The molecule has 1 aliphatic rings. The topological polar surface area (TPSA) is 93.5 Å². The van der Waals surface area contributed by atoms with Gasteiger partial charge in [-0.3, -0.25) is 14.4 Å². The molecule has 1 aliphatic heterocycles. The second-order valence-electron chi connectivity index (χ2n) is 5.05. The predicted octanol–water partition coefficient (Wildman–Crippen LogP) is 0.0926. The molecule has 0 unspecified atom stereocenters. The summed E-state index contributed by atoms with van der Waals surface area (Å²) < 4.78 is 0. The van der Waals surface area contributed by atoms with Gasteiger partial charge in [-0.2, -0.15) is 0 Å². The minimum Gasteiger partial charge on any atom is -0.399 e. The number of carbonyl (C=O) groups is 2. The predicted molar refractivity (Wildman–Crippen MR) is 69.9 cm³/mol. The van der Waals surface area contributed by atoms with Crippen molar-refractivity contribution in [3.05, 3.63) is 29.8 Å². The summed E-state index contributed by atoms with van der Waals surface area (Å²) in [6, 6.07) is 6.46. The van der Waals surface area contributed by atoms with E-state index < -0.39 is 11.5 Å². The molecule has 1 aromatic carbocycles. The molecule has 1 heterocycles. The maximum atomic E-state index is 12.3. The summed E-state index contributed by atoms with van der Waals surface area (Å²) in [5, 5.41) is 2.67. The van der Waals surface area contributed by atoms with Crippen molar-refractivity contribution >= 4 is 17.5 Å². The smallest absolute Gasteiger partial charge is 0.268 e. The molecule has 102 valence electrons. The summed E-state index contributed by atoms with van der Waals surface area (Å²) in [7, 11) is 0. The van der Waals surface area contributed by atoms with Crippen LogP contribution in [0.25, 0.3) is 0 Å². The standard InChI is InChI=1S/C13H17N3O3/c1-13(2,8-3-5-9(14)6-4-8)12(18)15-10-7-19-16-11(10)17/h3-6,10H,7,14H2,1-2H3,(H,15,18)(H,16,17)/t10-/m1/s1. The van der Waals surface area contributed by atoms with Gasteiger partial charge in [0, 0.05) is 5.69 Å². The summed E-state index contributed by atoms with van der Waals surface area (Å²) in [5.74, 6) is -0.565. The monoisotopic (exact) mass is 263 g/mol. The average molecular weight is 263 g/mol. The summed E-state index contributed by atoms with van der Waals surface area (Å²) in [4.78, 5) is 28.4. The van der Waals surface area contributed by atoms with E-state index in [4.69, 9.17) is 10.6 Å². The maximum Gasteiger partial charge on any atom is 0.268 e. The molecule has 4 N–H and O–H groups in total. The first-order chi connectivity index (χ1) is 8.91. The van der Waals surface area contributed by atoms with Crippen LogP contribution in [-0.2, 0) is 19.8 Å². The van der Waals surface area contributed by atoms with Gasteiger partial charge in [0.15, 0.2) is 0 Å². The Morgan fingerprint density at radius 2 is 2.05 bits per heavy atom. The number of hydrogen-bond acceptors (Lipinski definition) is 4. The highest BCUT2D eigenvalue weighted by molar-refractivity contribution is 5.93. The zero-order valence-electron chi connectivity index (χ0n) is 10.9. The lowest BCUT2D eigenvalue weighted by atomic mass is 9.83. The van der Waals surface area contributed by atoms with Crippen molar-refractivity contribution in [2.24, 2.45) is 0 Å². The second-order valence-corrected chi connectivity index (χ2v) is 5.05. The molecule has 2 amide bonds. The summed E-state index contributed by atoms with van der Waals surface area (Å²) in [6.07, 6.45) is 0. The van der Waals surface area contributed by atoms with Crippen LogP contribution in [0.5, 0.6) is 0 Å². The van der Waals surface area contributed by atoms with Gasteiger partial charge in [-0.15, -0.1) is 0 Å². The fourth-order valence-electron chi connectivity index (χ4n) is 1.82. The molecule has 1 aromatic rings. The molecule has 1 saturated heterocycles. The minimum atomic E-state index is -0.753. The van der Waals surface area contributed by atoms with Crippen molar-refractivity contribution in [1.82, 2.24) is 10.8 Å². The maximum absolute atomic E-state index is 12.3. The van der Waals surface area contributed by atoms with E-state index in [0.717, 1.165) is 5.56 Å². The van der Waals surface area contributed by atoms with Crippen LogP contribution in [0.15, 0.2) is 24.3 Å². The highest BCUT2D eigenvalue weighted by Gasteiger charge is 2.35. The quantitative estimate of drug-likeness (QED) is 0.674. The molecule has 0 saturated carbocycles. The van der Waals surface area contributed by atoms with Crippen LogP contribution >= 0.6 is 0 Å². The normalized spacial score (nSPS) is 19.1. The van der Waals surface area contributed by atoms with E-state index in [9.17, 15) is 9.59 Å². The van der Waals surface area contributed by atoms with Gasteiger partial charge in [0.05, 0.1) is 5.41 Å². The van der Waals surface area contributed by atoms with E-state index in [1.54, 1.807) is 38.1 Å². The number of nitrogens with one attached hydrogen (secondary N) is 2. The third-order valence-electron chi connectivity index (χ3n) is 3.24. The largest absolute Gasteiger partial charge is 0.399 e. The Labute approximate surface area is 111 Å². The fraction of sp³-hybridized carbons (Fsp3) is 0.385. The van der Waals surface area contributed by atoms with E-state index in [1.807, 2.05) is 0 Å². The van der Waals surface area contributed by atoms with Gasteiger partial charge in [0.2, 0.25) is 5.91 Å². The third-order valence-corrected chi connectivity index (χ3v) is 3.24. The van der Waals surface area contributed by atoms with Crippen molar-refractivity contribution < 1.29 is 14.4 Å². The van der Waals surface area contributed by atoms with Gasteiger partial charge in [-0.05, 0) is 31.5 Å². The van der Waals surface area contributed by atoms with Crippen LogP contribution in [0.4, 0.5) is 5.69 Å². The van der Waals surface area contributed by atoms with E-state index in [1.165, 1.54) is 0 Å². The first-order valence-electron chi connectivity index (χ1n) is 6.00. The molecule has 6 nitrogen and oxygen atoms in total. The number of hydrogen-bond donors (Lipinski definition) is 3. The third kappa shape index (κ3) is 2.68. The number of amides is 2. The molecule has 0 aromatic heterocycles. The second kappa shape index (κ2) is 4.89. The Balaban J connectivity index is 2.12. The SMILES string of the molecule is CC(C)(C(=O)N[C@@H]1CONC1=O)c1ccc(N)cc1. The van der Waals surface area contributed by atoms with Gasteiger partial charge >= 0.3 is 0 Å². The summed E-state index contributed by atoms with van der Waals surface area (Å²) in [6.45, 7) is 3.73. The van der Waals surface area contributed by atoms with E-state index in [2.05, 4.69) is 10.8 Å². The average Bonchev–Trinajstić information content (AvgIpc) is 2.75. The van der Waals surface area contributed by atoms with E-state index in [0.29, 0.717) is 5.69 Å². The number of anilines is 1. The molecule has 6 heteroatoms. The van der Waals surface area contributed by atoms with Crippen LogP contribution in [-0.4, -0.2) is 24.5 Å². The van der Waals surface area contributed by atoms with Crippen molar-refractivity contribution in [2.45, 2.75) is 25.3 Å². The molecule has 0 spiro atoms. The van der Waals surface area contributed by atoms with Gasteiger partial charge < -0.3 is 11.1 Å².